The number of rotatable bonds is 28. The van der Waals surface area contributed by atoms with Crippen LogP contribution in [0.5, 0.6) is 34.8 Å². The molecule has 26 heteroatoms. The Morgan fingerprint density at radius 2 is 1.43 bits per heavy atom. The van der Waals surface area contributed by atoms with Gasteiger partial charge in [0, 0.05) is 62.7 Å². The van der Waals surface area contributed by atoms with Gasteiger partial charge in [-0.05, 0) is 93.5 Å². The van der Waals surface area contributed by atoms with Crippen LogP contribution in [0.3, 0.4) is 0 Å². The summed E-state index contributed by atoms with van der Waals surface area (Å²) >= 11 is 4.11. The number of aliphatic hydroxyl groups excluding tert-OH is 1. The summed E-state index contributed by atoms with van der Waals surface area (Å²) in [6, 6.07) is 10.2. The number of hydrogen-bond acceptors (Lipinski definition) is 17. The number of aliphatic imine (C=N–C) groups is 1. The summed E-state index contributed by atoms with van der Waals surface area (Å²) in [6.45, 7) is 12.9. The summed E-state index contributed by atoms with van der Waals surface area (Å²) in [4.78, 5) is 103. The van der Waals surface area contributed by atoms with Gasteiger partial charge in [-0.15, -0.1) is 12.6 Å². The molecule has 4 aromatic rings. The van der Waals surface area contributed by atoms with E-state index in [2.05, 4.69) is 52.0 Å². The Morgan fingerprint density at radius 3 is 2.09 bits per heavy atom. The van der Waals surface area contributed by atoms with E-state index in [0.29, 0.717) is 104 Å². The van der Waals surface area contributed by atoms with Crippen molar-refractivity contribution in [2.45, 2.75) is 133 Å². The van der Waals surface area contributed by atoms with E-state index >= 15 is 0 Å². The molecule has 25 nitrogen and oxygen atoms in total. The highest BCUT2D eigenvalue weighted by Crippen LogP contribution is 2.43. The molecule has 4 aliphatic rings. The highest BCUT2D eigenvalue weighted by molar-refractivity contribution is 7.80. The molecule has 0 aliphatic carbocycles. The highest BCUT2D eigenvalue weighted by atomic mass is 32.1. The van der Waals surface area contributed by atoms with Crippen LogP contribution in [0.25, 0.3) is 0 Å². The van der Waals surface area contributed by atoms with E-state index in [9.17, 15) is 48.9 Å². The van der Waals surface area contributed by atoms with Crippen molar-refractivity contribution < 1.29 is 72.6 Å². The normalized spacial score (nSPS) is 17.4. The van der Waals surface area contributed by atoms with Crippen LogP contribution in [0.1, 0.15) is 111 Å². The zero-order valence-corrected chi connectivity index (χ0v) is 50.8. The lowest BCUT2D eigenvalue weighted by Crippen LogP contribution is -2.54. The molecule has 0 spiro atoms. The number of unbranched alkanes of at least 4 members (excludes halogenated alkanes) is 4. The molecular weight excluding hydrogens is 1160 g/mol. The molecule has 0 bridgehead atoms. The van der Waals surface area contributed by atoms with Crippen LogP contribution in [0, 0.1) is 5.92 Å². The third-order valence-corrected chi connectivity index (χ3v) is 16.0. The summed E-state index contributed by atoms with van der Waals surface area (Å²) < 4.78 is 30.8. The number of nitrogens with one attached hydrogen (secondary N) is 4. The Hall–Kier alpha value is -8.91. The van der Waals surface area contributed by atoms with Crippen molar-refractivity contribution >= 4 is 77.6 Å². The predicted molar refractivity (Wildman–Crippen MR) is 329 cm³/mol. The fraction of sp³-hybridized carbons (Fsp3) is 0.452. The number of nitrogens with zero attached hydrogens (tertiary/aromatic N) is 5. The van der Waals surface area contributed by atoms with Crippen molar-refractivity contribution in [1.82, 2.24) is 30.3 Å². The number of fused-ring (bicyclic) bond motifs is 4. The molecule has 2 fully saturated rings. The predicted octanol–water partition coefficient (Wildman–Crippen LogP) is 6.84. The maximum Gasteiger partial charge on any atom is 0.416 e. The van der Waals surface area contributed by atoms with Gasteiger partial charge in [0.15, 0.2) is 35.1 Å². The van der Waals surface area contributed by atoms with Gasteiger partial charge in [-0.25, -0.2) is 14.5 Å². The van der Waals surface area contributed by atoms with Crippen molar-refractivity contribution in [3.63, 3.8) is 0 Å². The zero-order valence-electron chi connectivity index (χ0n) is 49.9. The molecule has 5 unspecified atom stereocenters. The van der Waals surface area contributed by atoms with Crippen LogP contribution in [0.4, 0.5) is 26.7 Å². The summed E-state index contributed by atoms with van der Waals surface area (Å²) in [7, 11) is 2.94. The molecular formula is C62H78N10O15S. The molecule has 5 atom stereocenters. The number of thiol groups is 1. The largest absolute Gasteiger partial charge is 0.494 e. The standard InChI is InChI=1S/C62H78N10O15S/c1-35(2)54(68-52(73)15-9-7-10-21-69-53(74)30-51(88)60(69)80)56(76)67-43(14-13-20-64-61(63)81)55(75)66-39-18-16-38(17-19-39)34-87-62(82)72-45-29-50(48(84-6)27-42(45)58(78)71-33-37(4)25-46(71)59(72)79)86-23-12-8-11-22-85-49-28-44-41(26-47(49)83-5)57(77)70-32-36(3)24-40(70)31-65-44/h16-19,26-31,35,40,43,46,54,59,74,79-80,88H,3-4,7-15,20-25,32-34H2,1-2,5-6H3,(H,66,75)(H,67,76)(H,68,73)(H3,63,64,81). The number of ether oxygens (including phenoxy) is 5. The van der Waals surface area contributed by atoms with E-state index in [0.717, 1.165) is 10.5 Å². The second-order valence-corrected chi connectivity index (χ2v) is 22.9. The van der Waals surface area contributed by atoms with Crippen molar-refractivity contribution in [3.05, 3.63) is 95.6 Å². The minimum atomic E-state index is -1.56. The van der Waals surface area contributed by atoms with Crippen LogP contribution < -0.4 is 50.8 Å². The number of amides is 8. The van der Waals surface area contributed by atoms with Gasteiger partial charge >= 0.3 is 12.1 Å². The Balaban J connectivity index is 0.864. The van der Waals surface area contributed by atoms with Gasteiger partial charge in [-0.2, -0.15) is 0 Å². The summed E-state index contributed by atoms with van der Waals surface area (Å²) in [5.41, 5.74) is 8.78. The van der Waals surface area contributed by atoms with Gasteiger partial charge in [0.1, 0.15) is 18.7 Å². The summed E-state index contributed by atoms with van der Waals surface area (Å²) in [6.07, 6.45) is 4.08. The highest BCUT2D eigenvalue weighted by Gasteiger charge is 2.46. The van der Waals surface area contributed by atoms with E-state index < -0.39 is 54.2 Å². The molecule has 1 aromatic heterocycles. The van der Waals surface area contributed by atoms with E-state index in [1.807, 2.05) is 0 Å². The fourth-order valence-electron chi connectivity index (χ4n) is 11.0. The third-order valence-electron chi connectivity index (χ3n) is 15.6. The van der Waals surface area contributed by atoms with Crippen molar-refractivity contribution in [1.29, 1.82) is 0 Å². The smallest absolute Gasteiger partial charge is 0.416 e. The average Bonchev–Trinajstić information content (AvgIpc) is 2.06. The molecule has 9 N–H and O–H groups in total. The Labute approximate surface area is 515 Å². The molecule has 472 valence electrons. The number of benzene rings is 3. The van der Waals surface area contributed by atoms with Crippen LogP contribution in [0.15, 0.2) is 88.8 Å². The van der Waals surface area contributed by atoms with E-state index in [-0.39, 0.29) is 115 Å². The first-order valence-corrected chi connectivity index (χ1v) is 29.8. The van der Waals surface area contributed by atoms with E-state index in [4.69, 9.17) is 29.4 Å². The van der Waals surface area contributed by atoms with Crippen LogP contribution in [-0.2, 0) is 32.3 Å². The minimum Gasteiger partial charge on any atom is -0.494 e. The quantitative estimate of drug-likeness (QED) is 0.0160. The van der Waals surface area contributed by atoms with Crippen LogP contribution in [0.2, 0.25) is 0 Å². The minimum absolute atomic E-state index is 0.0416. The van der Waals surface area contributed by atoms with Crippen molar-refractivity contribution in [2.24, 2.45) is 16.6 Å². The first-order valence-electron chi connectivity index (χ1n) is 29.3. The number of methoxy groups -OCH3 is 2. The summed E-state index contributed by atoms with van der Waals surface area (Å²) in [5, 5.41) is 42.9. The average molecular weight is 1240 g/mol. The second kappa shape index (κ2) is 29.7. The first kappa shape index (κ1) is 65.1. The maximum absolute atomic E-state index is 14.3. The van der Waals surface area contributed by atoms with Crippen molar-refractivity contribution in [3.8, 4) is 34.8 Å². The van der Waals surface area contributed by atoms with Gasteiger partial charge in [-0.3, -0.25) is 33.5 Å². The number of aliphatic hydroxyl groups is 1. The molecule has 2 saturated heterocycles. The number of urea groups is 1. The lowest BCUT2D eigenvalue weighted by molar-refractivity contribution is -0.132. The Morgan fingerprint density at radius 1 is 0.784 bits per heavy atom. The molecule has 3 aromatic carbocycles. The first-order chi connectivity index (χ1) is 42.1. The number of aromatic nitrogens is 1. The fourth-order valence-corrected chi connectivity index (χ4v) is 11.2. The number of nitrogens with two attached hydrogens (primary N) is 1. The molecule has 8 rings (SSSR count). The number of hydrogen-bond donors (Lipinski definition) is 9. The zero-order chi connectivity index (χ0) is 63.3. The Bertz CT molecular complexity index is 3310. The van der Waals surface area contributed by atoms with Crippen molar-refractivity contribution in [2.75, 3.05) is 57.3 Å². The second-order valence-electron chi connectivity index (χ2n) is 22.5. The van der Waals surface area contributed by atoms with Gasteiger partial charge < -0.3 is 75.8 Å². The molecule has 88 heavy (non-hydrogen) atoms. The SMILES string of the molecule is C=C1CC2C=Nc3cc(OCCCCCOc4cc5c(cc4OC)C(=O)N4CC(=C)CC4C(O)N5C(=O)OCc4ccc(NC(=O)C(CCCNC(N)=O)NC(=O)C(NC(=O)CCCCCn5c(O)cc(S)c5O)C(C)C)cc4)c(OC)cc3C(=O)N2C1. The lowest BCUT2D eigenvalue weighted by Gasteiger charge is -2.31. The topological polar surface area (TPSA) is 327 Å². The molecule has 0 radical (unpaired) electrons. The molecule has 0 saturated carbocycles. The van der Waals surface area contributed by atoms with Crippen LogP contribution >= 0.6 is 12.6 Å². The van der Waals surface area contributed by atoms with Gasteiger partial charge in [0.2, 0.25) is 23.6 Å². The third kappa shape index (κ3) is 15.8. The van der Waals surface area contributed by atoms with Crippen LogP contribution in [-0.4, -0.2) is 155 Å². The number of carbonyl (C=O) groups excluding carboxylic acids is 7. The number of carbonyl (C=O) groups is 7. The number of aromatic hydroxyl groups is 2. The van der Waals surface area contributed by atoms with Gasteiger partial charge in [-0.1, -0.05) is 56.7 Å². The lowest BCUT2D eigenvalue weighted by atomic mass is 10.0. The number of primary amides is 1. The van der Waals surface area contributed by atoms with E-state index in [1.165, 1.54) is 41.9 Å². The molecule has 8 amide bonds. The maximum atomic E-state index is 14.3. The summed E-state index contributed by atoms with van der Waals surface area (Å²) in [5.74, 6) is -1.49. The molecule has 5 heterocycles. The van der Waals surface area contributed by atoms with E-state index in [1.54, 1.807) is 61.4 Å². The monoisotopic (exact) mass is 1230 g/mol. The van der Waals surface area contributed by atoms with Gasteiger partial charge in [0.05, 0.1) is 66.9 Å². The molecule has 4 aliphatic heterocycles. The number of anilines is 2. The Kier molecular flexibility index (Phi) is 21.9. The van der Waals surface area contributed by atoms with Gasteiger partial charge in [0.25, 0.3) is 11.8 Å².